The zero-order chi connectivity index (χ0) is 17.7. The summed E-state index contributed by atoms with van der Waals surface area (Å²) < 4.78 is 19.7. The van der Waals surface area contributed by atoms with E-state index >= 15 is 0 Å². The Morgan fingerprint density at radius 2 is 1.44 bits per heavy atom. The minimum atomic E-state index is -3.10. The van der Waals surface area contributed by atoms with Gasteiger partial charge in [0.2, 0.25) is 0 Å². The molecule has 0 bridgehead atoms. The molecular formula is C22H19O2P. The number of hydrogen-bond acceptors (Lipinski definition) is 2. The van der Waals surface area contributed by atoms with Crippen molar-refractivity contribution in [2.75, 3.05) is 7.11 Å². The largest absolute Gasteiger partial charge is 0.497 e. The van der Waals surface area contributed by atoms with Gasteiger partial charge in [0.15, 0.2) is 7.14 Å². The monoisotopic (exact) mass is 346 g/mol. The van der Waals surface area contributed by atoms with Crippen LogP contribution in [0.3, 0.4) is 0 Å². The Balaban J connectivity index is 2.27. The van der Waals surface area contributed by atoms with Crippen molar-refractivity contribution in [1.82, 2.24) is 0 Å². The molecule has 0 aliphatic rings. The first-order valence-corrected chi connectivity index (χ1v) is 9.67. The summed E-state index contributed by atoms with van der Waals surface area (Å²) in [7, 11) is -1.48. The van der Waals surface area contributed by atoms with Crippen LogP contribution < -0.4 is 15.3 Å². The predicted molar refractivity (Wildman–Crippen MR) is 105 cm³/mol. The second-order valence-corrected chi connectivity index (χ2v) is 8.24. The van der Waals surface area contributed by atoms with Crippen LogP contribution in [0.5, 0.6) is 5.75 Å². The van der Waals surface area contributed by atoms with Crippen LogP contribution in [-0.4, -0.2) is 7.11 Å². The Hall–Kier alpha value is -2.79. The topological polar surface area (TPSA) is 26.3 Å². The Morgan fingerprint density at radius 3 is 1.92 bits per heavy atom. The van der Waals surface area contributed by atoms with E-state index in [2.05, 4.69) is 12.3 Å². The normalized spacial score (nSPS) is 10.8. The third-order valence-electron chi connectivity index (χ3n) is 4.07. The summed E-state index contributed by atoms with van der Waals surface area (Å²) in [5, 5.41) is 2.11. The number of hydrogen-bond donors (Lipinski definition) is 0. The minimum Gasteiger partial charge on any atom is -0.497 e. The molecule has 0 unspecified atom stereocenters. The average Bonchev–Trinajstić information content (AvgIpc) is 2.70. The van der Waals surface area contributed by atoms with Gasteiger partial charge < -0.3 is 9.30 Å². The van der Waals surface area contributed by atoms with Crippen molar-refractivity contribution < 1.29 is 9.30 Å². The lowest BCUT2D eigenvalue weighted by Crippen LogP contribution is -2.16. The van der Waals surface area contributed by atoms with Gasteiger partial charge >= 0.3 is 0 Å². The highest BCUT2D eigenvalue weighted by Gasteiger charge is 2.32. The van der Waals surface area contributed by atoms with Gasteiger partial charge in [0.05, 0.1) is 12.4 Å². The molecule has 0 saturated carbocycles. The van der Waals surface area contributed by atoms with E-state index in [0.29, 0.717) is 11.1 Å². The fraction of sp³-hybridized carbons (Fsp3) is 0.0455. The predicted octanol–water partition coefficient (Wildman–Crippen LogP) is 4.84. The van der Waals surface area contributed by atoms with Gasteiger partial charge in [-0.05, 0) is 17.7 Å². The van der Waals surface area contributed by atoms with Gasteiger partial charge in [0.25, 0.3) is 0 Å². The van der Waals surface area contributed by atoms with E-state index in [0.717, 1.165) is 16.2 Å². The van der Waals surface area contributed by atoms with Crippen molar-refractivity contribution in [2.24, 2.45) is 0 Å². The molecule has 0 N–H and O–H groups in total. The first-order chi connectivity index (χ1) is 12.2. The van der Waals surface area contributed by atoms with E-state index in [-0.39, 0.29) is 0 Å². The quantitative estimate of drug-likeness (QED) is 0.488. The molecule has 0 heterocycles. The molecule has 0 atom stereocenters. The Kier molecular flexibility index (Phi) is 5.05. The fourth-order valence-corrected chi connectivity index (χ4v) is 5.57. The fourth-order valence-electron chi connectivity index (χ4n) is 2.85. The van der Waals surface area contributed by atoms with Gasteiger partial charge in [-0.1, -0.05) is 79.4 Å². The van der Waals surface area contributed by atoms with Crippen molar-refractivity contribution in [3.63, 3.8) is 0 Å². The second-order valence-electron chi connectivity index (χ2n) is 5.54. The summed E-state index contributed by atoms with van der Waals surface area (Å²) >= 11 is 0. The molecule has 0 radical (unpaired) electrons. The third-order valence-corrected chi connectivity index (χ3v) is 7.16. The maximum atomic E-state index is 14.4. The second kappa shape index (κ2) is 7.40. The van der Waals surface area contributed by atoms with Crippen LogP contribution >= 0.6 is 7.14 Å². The Labute approximate surface area is 148 Å². The maximum absolute atomic E-state index is 14.4. The number of methoxy groups -OCH3 is 1. The minimum absolute atomic E-state index is 0.587. The molecule has 0 amide bonds. The van der Waals surface area contributed by atoms with Crippen LogP contribution in [0.25, 0.3) is 5.31 Å². The summed E-state index contributed by atoms with van der Waals surface area (Å²) in [6.07, 6.45) is 0. The van der Waals surface area contributed by atoms with Crippen LogP contribution in [0.1, 0.15) is 5.56 Å². The van der Waals surface area contributed by atoms with E-state index in [4.69, 9.17) is 4.74 Å². The van der Waals surface area contributed by atoms with E-state index in [9.17, 15) is 4.57 Å². The van der Waals surface area contributed by atoms with Gasteiger partial charge in [-0.25, -0.2) is 0 Å². The molecule has 0 saturated heterocycles. The highest BCUT2D eigenvalue weighted by Crippen LogP contribution is 2.56. The van der Waals surface area contributed by atoms with Crippen LogP contribution in [0.2, 0.25) is 0 Å². The zero-order valence-electron chi connectivity index (χ0n) is 14.1. The molecule has 0 aliphatic heterocycles. The summed E-state index contributed by atoms with van der Waals surface area (Å²) in [5.74, 6) is 0.706. The zero-order valence-corrected chi connectivity index (χ0v) is 14.9. The number of rotatable bonds is 5. The molecule has 124 valence electrons. The lowest BCUT2D eigenvalue weighted by Gasteiger charge is -2.21. The highest BCUT2D eigenvalue weighted by atomic mass is 31.2. The third kappa shape index (κ3) is 3.23. The van der Waals surface area contributed by atoms with Crippen molar-refractivity contribution >= 4 is 23.1 Å². The summed E-state index contributed by atoms with van der Waals surface area (Å²) in [5.41, 5.74) is 3.75. The lowest BCUT2D eigenvalue weighted by atomic mass is 10.2. The number of ether oxygens (including phenoxy) is 1. The number of benzene rings is 3. The van der Waals surface area contributed by atoms with Crippen molar-refractivity contribution in [3.05, 3.63) is 103 Å². The van der Waals surface area contributed by atoms with Crippen LogP contribution in [0.4, 0.5) is 0 Å². The Morgan fingerprint density at radius 1 is 0.880 bits per heavy atom. The smallest absolute Gasteiger partial charge is 0.178 e. The van der Waals surface area contributed by atoms with Crippen molar-refractivity contribution in [1.29, 1.82) is 0 Å². The average molecular weight is 346 g/mol. The molecular weight excluding hydrogens is 327 g/mol. The van der Waals surface area contributed by atoms with Gasteiger partial charge in [-0.15, -0.1) is 5.73 Å². The first-order valence-electron chi connectivity index (χ1n) is 7.96. The molecule has 2 nitrogen and oxygen atoms in total. The molecule has 3 aromatic rings. The SMILES string of the molecule is C=C=C(c1cccc(OC)c1)P(=O)(c1ccccc1)c1ccccc1. The molecule has 25 heavy (non-hydrogen) atoms. The molecule has 0 fully saturated rings. The standard InChI is InChI=1S/C22H19O2P/c1-3-22(18-11-10-12-19(17-18)24-2)25(23,20-13-6-4-7-14-20)21-15-8-5-9-16-21/h4-17H,1H2,2H3. The van der Waals surface area contributed by atoms with E-state index in [1.54, 1.807) is 7.11 Å². The molecule has 0 aliphatic carbocycles. The maximum Gasteiger partial charge on any atom is 0.178 e. The summed E-state index contributed by atoms with van der Waals surface area (Å²) in [6, 6.07) is 26.5. The lowest BCUT2D eigenvalue weighted by molar-refractivity contribution is 0.414. The molecule has 0 spiro atoms. The molecule has 3 rings (SSSR count). The van der Waals surface area contributed by atoms with Gasteiger partial charge in [0, 0.05) is 10.6 Å². The van der Waals surface area contributed by atoms with Crippen LogP contribution in [0.15, 0.2) is 97.2 Å². The van der Waals surface area contributed by atoms with Gasteiger partial charge in [-0.2, -0.15) is 0 Å². The first kappa shape index (κ1) is 17.0. The van der Waals surface area contributed by atoms with Crippen LogP contribution in [0, 0.1) is 0 Å². The molecule has 3 heteroatoms. The molecule has 0 aromatic heterocycles. The summed E-state index contributed by atoms with van der Waals surface area (Å²) in [4.78, 5) is 0. The van der Waals surface area contributed by atoms with Gasteiger partial charge in [-0.3, -0.25) is 0 Å². The van der Waals surface area contributed by atoms with Crippen LogP contribution in [-0.2, 0) is 4.57 Å². The van der Waals surface area contributed by atoms with Crippen molar-refractivity contribution in [3.8, 4) is 5.75 Å². The van der Waals surface area contributed by atoms with E-state index in [1.165, 1.54) is 0 Å². The van der Waals surface area contributed by atoms with Gasteiger partial charge in [0.1, 0.15) is 5.75 Å². The summed E-state index contributed by atoms with van der Waals surface area (Å²) in [6.45, 7) is 3.83. The van der Waals surface area contributed by atoms with E-state index < -0.39 is 7.14 Å². The Bertz CT molecular complexity index is 912. The van der Waals surface area contributed by atoms with Crippen molar-refractivity contribution in [2.45, 2.75) is 0 Å². The molecule has 3 aromatic carbocycles. The van der Waals surface area contributed by atoms with E-state index in [1.807, 2.05) is 84.9 Å². The highest BCUT2D eigenvalue weighted by molar-refractivity contribution is 7.87.